The second-order valence-electron chi connectivity index (χ2n) is 3.12. The molecule has 0 aromatic carbocycles. The van der Waals surface area contributed by atoms with Crippen LogP contribution in [-0.4, -0.2) is 22.7 Å². The fourth-order valence-electron chi connectivity index (χ4n) is 1.18. The zero-order valence-electron chi connectivity index (χ0n) is 8.77. The number of nitrogens with zero attached hydrogens (tertiary/aromatic N) is 1. The molecular weight excluding hydrogens is 194 g/mol. The topological polar surface area (TPSA) is 59.4 Å². The zero-order chi connectivity index (χ0) is 11.1. The standard InChI is InChI=1S/C11H15NO3/c1-2-15-11(14)6-4-9-3-5-10(8-13)12-7-9/h3,5,7,13H,2,4,6,8H2,1H3. The van der Waals surface area contributed by atoms with Crippen molar-refractivity contribution in [3.63, 3.8) is 0 Å². The lowest BCUT2D eigenvalue weighted by atomic mass is 10.1. The minimum absolute atomic E-state index is 0.0574. The normalized spacial score (nSPS) is 10.0. The highest BCUT2D eigenvalue weighted by molar-refractivity contribution is 5.69. The van der Waals surface area contributed by atoms with Crippen molar-refractivity contribution in [1.82, 2.24) is 4.98 Å². The number of hydrogen-bond acceptors (Lipinski definition) is 4. The van der Waals surface area contributed by atoms with E-state index in [1.54, 1.807) is 19.2 Å². The predicted molar refractivity (Wildman–Crippen MR) is 55.1 cm³/mol. The summed E-state index contributed by atoms with van der Waals surface area (Å²) in [5.74, 6) is -0.191. The summed E-state index contributed by atoms with van der Waals surface area (Å²) in [4.78, 5) is 15.1. The van der Waals surface area contributed by atoms with Gasteiger partial charge in [0.05, 0.1) is 18.9 Å². The largest absolute Gasteiger partial charge is 0.466 e. The van der Waals surface area contributed by atoms with E-state index in [1.165, 1.54) is 0 Å². The van der Waals surface area contributed by atoms with Crippen LogP contribution in [-0.2, 0) is 22.6 Å². The van der Waals surface area contributed by atoms with Gasteiger partial charge in [0.25, 0.3) is 0 Å². The Morgan fingerprint density at radius 1 is 1.53 bits per heavy atom. The van der Waals surface area contributed by atoms with Gasteiger partial charge in [-0.3, -0.25) is 9.78 Å². The lowest BCUT2D eigenvalue weighted by Gasteiger charge is -2.02. The molecular formula is C11H15NO3. The maximum absolute atomic E-state index is 11.1. The van der Waals surface area contributed by atoms with E-state index in [2.05, 4.69) is 4.98 Å². The van der Waals surface area contributed by atoms with Gasteiger partial charge in [0.2, 0.25) is 0 Å². The summed E-state index contributed by atoms with van der Waals surface area (Å²) in [7, 11) is 0. The number of aromatic nitrogens is 1. The summed E-state index contributed by atoms with van der Waals surface area (Å²) in [6.45, 7) is 2.15. The number of ether oxygens (including phenoxy) is 1. The first-order valence-electron chi connectivity index (χ1n) is 4.96. The smallest absolute Gasteiger partial charge is 0.306 e. The van der Waals surface area contributed by atoms with E-state index in [1.807, 2.05) is 6.07 Å². The Morgan fingerprint density at radius 2 is 2.33 bits per heavy atom. The summed E-state index contributed by atoms with van der Waals surface area (Å²) >= 11 is 0. The third-order valence-corrected chi connectivity index (χ3v) is 1.97. The molecule has 0 fully saturated rings. The highest BCUT2D eigenvalue weighted by Gasteiger charge is 2.02. The molecule has 1 heterocycles. The van der Waals surface area contributed by atoms with Crippen LogP contribution in [0.4, 0.5) is 0 Å². The van der Waals surface area contributed by atoms with Crippen LogP contribution in [0.5, 0.6) is 0 Å². The van der Waals surface area contributed by atoms with Gasteiger partial charge in [0, 0.05) is 12.6 Å². The van der Waals surface area contributed by atoms with Crippen LogP contribution in [0.15, 0.2) is 18.3 Å². The maximum atomic E-state index is 11.1. The van der Waals surface area contributed by atoms with E-state index in [0.717, 1.165) is 5.56 Å². The number of aliphatic hydroxyl groups is 1. The van der Waals surface area contributed by atoms with Gasteiger partial charge < -0.3 is 9.84 Å². The molecule has 0 amide bonds. The molecule has 0 spiro atoms. The van der Waals surface area contributed by atoms with Crippen molar-refractivity contribution >= 4 is 5.97 Å². The van der Waals surface area contributed by atoms with Gasteiger partial charge in [0.15, 0.2) is 0 Å². The number of carbonyl (C=O) groups excluding carboxylic acids is 1. The number of aliphatic hydroxyl groups excluding tert-OH is 1. The molecule has 0 aliphatic carbocycles. The van der Waals surface area contributed by atoms with Crippen molar-refractivity contribution in [3.8, 4) is 0 Å². The second kappa shape index (κ2) is 6.14. The van der Waals surface area contributed by atoms with Gasteiger partial charge in [-0.2, -0.15) is 0 Å². The van der Waals surface area contributed by atoms with Crippen molar-refractivity contribution in [2.45, 2.75) is 26.4 Å². The number of aryl methyl sites for hydroxylation is 1. The maximum Gasteiger partial charge on any atom is 0.306 e. The summed E-state index contributed by atoms with van der Waals surface area (Å²) in [6, 6.07) is 3.61. The van der Waals surface area contributed by atoms with E-state index in [9.17, 15) is 4.79 Å². The van der Waals surface area contributed by atoms with Gasteiger partial charge in [0.1, 0.15) is 0 Å². The fraction of sp³-hybridized carbons (Fsp3) is 0.455. The molecule has 1 aromatic heterocycles. The molecule has 0 aliphatic rings. The number of rotatable bonds is 5. The first-order chi connectivity index (χ1) is 7.26. The van der Waals surface area contributed by atoms with Gasteiger partial charge in [-0.15, -0.1) is 0 Å². The van der Waals surface area contributed by atoms with Crippen molar-refractivity contribution in [2.75, 3.05) is 6.61 Å². The summed E-state index contributed by atoms with van der Waals surface area (Å²) in [6.07, 6.45) is 2.66. The summed E-state index contributed by atoms with van der Waals surface area (Å²) in [5.41, 5.74) is 1.61. The molecule has 1 rings (SSSR count). The Morgan fingerprint density at radius 3 is 2.87 bits per heavy atom. The molecule has 15 heavy (non-hydrogen) atoms. The fourth-order valence-corrected chi connectivity index (χ4v) is 1.18. The molecule has 0 saturated carbocycles. The molecule has 1 aromatic rings. The predicted octanol–water partition coefficient (Wildman–Crippen LogP) is 1.07. The van der Waals surface area contributed by atoms with Crippen molar-refractivity contribution in [1.29, 1.82) is 0 Å². The van der Waals surface area contributed by atoms with Crippen LogP contribution in [0.2, 0.25) is 0 Å². The van der Waals surface area contributed by atoms with Crippen LogP contribution in [0.3, 0.4) is 0 Å². The zero-order valence-corrected chi connectivity index (χ0v) is 8.77. The SMILES string of the molecule is CCOC(=O)CCc1ccc(CO)nc1. The Bertz CT molecular complexity index is 308. The summed E-state index contributed by atoms with van der Waals surface area (Å²) < 4.78 is 4.81. The van der Waals surface area contributed by atoms with Crippen LogP contribution < -0.4 is 0 Å². The average molecular weight is 209 g/mol. The van der Waals surface area contributed by atoms with E-state index in [4.69, 9.17) is 9.84 Å². The van der Waals surface area contributed by atoms with E-state index >= 15 is 0 Å². The third-order valence-electron chi connectivity index (χ3n) is 1.97. The molecule has 4 nitrogen and oxygen atoms in total. The minimum atomic E-state index is -0.191. The Kier molecular flexibility index (Phi) is 4.77. The molecule has 4 heteroatoms. The van der Waals surface area contributed by atoms with E-state index in [-0.39, 0.29) is 12.6 Å². The Balaban J connectivity index is 2.40. The highest BCUT2D eigenvalue weighted by atomic mass is 16.5. The highest BCUT2D eigenvalue weighted by Crippen LogP contribution is 2.04. The average Bonchev–Trinajstić information content (AvgIpc) is 2.27. The van der Waals surface area contributed by atoms with Crippen molar-refractivity contribution in [2.24, 2.45) is 0 Å². The van der Waals surface area contributed by atoms with Crippen LogP contribution in [0.25, 0.3) is 0 Å². The van der Waals surface area contributed by atoms with Crippen LogP contribution in [0, 0.1) is 0 Å². The van der Waals surface area contributed by atoms with Gasteiger partial charge in [-0.25, -0.2) is 0 Å². The molecule has 0 atom stereocenters. The van der Waals surface area contributed by atoms with Gasteiger partial charge in [-0.1, -0.05) is 6.07 Å². The number of esters is 1. The van der Waals surface area contributed by atoms with Crippen molar-refractivity contribution in [3.05, 3.63) is 29.6 Å². The lowest BCUT2D eigenvalue weighted by molar-refractivity contribution is -0.143. The first-order valence-corrected chi connectivity index (χ1v) is 4.96. The van der Waals surface area contributed by atoms with Gasteiger partial charge >= 0.3 is 5.97 Å². The Hall–Kier alpha value is -1.42. The quantitative estimate of drug-likeness (QED) is 0.737. The number of carbonyl (C=O) groups is 1. The molecule has 0 saturated heterocycles. The Labute approximate surface area is 88.9 Å². The molecule has 0 bridgehead atoms. The van der Waals surface area contributed by atoms with E-state index < -0.39 is 0 Å². The first kappa shape index (κ1) is 11.7. The van der Waals surface area contributed by atoms with Crippen LogP contribution >= 0.6 is 0 Å². The molecule has 1 N–H and O–H groups in total. The molecule has 82 valence electrons. The molecule has 0 unspecified atom stereocenters. The molecule has 0 radical (unpaired) electrons. The van der Waals surface area contributed by atoms with Crippen LogP contribution in [0.1, 0.15) is 24.6 Å². The second-order valence-corrected chi connectivity index (χ2v) is 3.12. The van der Waals surface area contributed by atoms with Gasteiger partial charge in [-0.05, 0) is 25.0 Å². The van der Waals surface area contributed by atoms with E-state index in [0.29, 0.717) is 25.1 Å². The third kappa shape index (κ3) is 4.08. The monoisotopic (exact) mass is 209 g/mol. The van der Waals surface area contributed by atoms with Crippen molar-refractivity contribution < 1.29 is 14.6 Å². The molecule has 0 aliphatic heterocycles. The lowest BCUT2D eigenvalue weighted by Crippen LogP contribution is -2.05. The minimum Gasteiger partial charge on any atom is -0.466 e. The number of hydrogen-bond donors (Lipinski definition) is 1. The summed E-state index contributed by atoms with van der Waals surface area (Å²) in [5, 5.41) is 8.78. The number of pyridine rings is 1.